The second kappa shape index (κ2) is 6.31. The van der Waals surface area contributed by atoms with Gasteiger partial charge in [-0.1, -0.05) is 12.1 Å². The quantitative estimate of drug-likeness (QED) is 0.895. The standard InChI is InChI=1S/C15H18N2O2/c1-11(16)15-7-6-14(9-17-15)19-13-5-3-4-12(8-13)10-18-2/h3-9,11H,10,16H2,1-2H3/t11-/m0/s1. The molecular weight excluding hydrogens is 240 g/mol. The first-order chi connectivity index (χ1) is 9.19. The average Bonchev–Trinajstić information content (AvgIpc) is 2.40. The molecule has 2 N–H and O–H groups in total. The Kier molecular flexibility index (Phi) is 4.49. The topological polar surface area (TPSA) is 57.4 Å². The van der Waals surface area contributed by atoms with E-state index in [4.69, 9.17) is 15.2 Å². The zero-order valence-corrected chi connectivity index (χ0v) is 11.2. The van der Waals surface area contributed by atoms with Crippen LogP contribution in [-0.2, 0) is 11.3 Å². The lowest BCUT2D eigenvalue weighted by Crippen LogP contribution is -2.06. The Morgan fingerprint density at radius 2 is 2.05 bits per heavy atom. The minimum absolute atomic E-state index is 0.0703. The van der Waals surface area contributed by atoms with Gasteiger partial charge in [0.15, 0.2) is 0 Å². The highest BCUT2D eigenvalue weighted by Gasteiger charge is 2.03. The first kappa shape index (κ1) is 13.5. The SMILES string of the molecule is COCc1cccc(Oc2ccc([C@H](C)N)nc2)c1. The Hall–Kier alpha value is -1.91. The molecule has 0 radical (unpaired) electrons. The number of nitrogens with zero attached hydrogens (tertiary/aromatic N) is 1. The van der Waals surface area contributed by atoms with Crippen molar-refractivity contribution in [3.8, 4) is 11.5 Å². The van der Waals surface area contributed by atoms with Crippen LogP contribution in [0.25, 0.3) is 0 Å². The summed E-state index contributed by atoms with van der Waals surface area (Å²) in [4.78, 5) is 4.26. The summed E-state index contributed by atoms with van der Waals surface area (Å²) in [5.74, 6) is 1.46. The van der Waals surface area contributed by atoms with Gasteiger partial charge in [0, 0.05) is 13.2 Å². The summed E-state index contributed by atoms with van der Waals surface area (Å²) in [5, 5.41) is 0. The second-order valence-corrected chi connectivity index (χ2v) is 4.39. The van der Waals surface area contributed by atoms with Crippen molar-refractivity contribution in [3.05, 3.63) is 53.9 Å². The number of nitrogens with two attached hydrogens (primary N) is 1. The van der Waals surface area contributed by atoms with E-state index >= 15 is 0 Å². The smallest absolute Gasteiger partial charge is 0.145 e. The van der Waals surface area contributed by atoms with Gasteiger partial charge >= 0.3 is 0 Å². The van der Waals surface area contributed by atoms with Gasteiger partial charge in [-0.25, -0.2) is 0 Å². The Morgan fingerprint density at radius 1 is 1.21 bits per heavy atom. The van der Waals surface area contributed by atoms with E-state index in [1.165, 1.54) is 0 Å². The highest BCUT2D eigenvalue weighted by Crippen LogP contribution is 2.22. The largest absolute Gasteiger partial charge is 0.456 e. The van der Waals surface area contributed by atoms with Gasteiger partial charge < -0.3 is 15.2 Å². The van der Waals surface area contributed by atoms with Crippen LogP contribution in [0.3, 0.4) is 0 Å². The molecule has 0 amide bonds. The Balaban J connectivity index is 2.10. The van der Waals surface area contributed by atoms with Gasteiger partial charge in [0.1, 0.15) is 11.5 Å². The summed E-state index contributed by atoms with van der Waals surface area (Å²) in [6.07, 6.45) is 1.68. The molecule has 0 spiro atoms. The molecule has 0 saturated heterocycles. The number of hydrogen-bond acceptors (Lipinski definition) is 4. The van der Waals surface area contributed by atoms with Crippen molar-refractivity contribution in [3.63, 3.8) is 0 Å². The normalized spacial score (nSPS) is 12.2. The number of benzene rings is 1. The molecule has 2 aromatic rings. The molecule has 1 aromatic heterocycles. The summed E-state index contributed by atoms with van der Waals surface area (Å²) < 4.78 is 10.8. The zero-order valence-electron chi connectivity index (χ0n) is 11.2. The lowest BCUT2D eigenvalue weighted by molar-refractivity contribution is 0.184. The summed E-state index contributed by atoms with van der Waals surface area (Å²) in [5.41, 5.74) is 7.67. The third kappa shape index (κ3) is 3.77. The third-order valence-corrected chi connectivity index (χ3v) is 2.67. The van der Waals surface area contributed by atoms with Crippen LogP contribution in [0.1, 0.15) is 24.2 Å². The van der Waals surface area contributed by atoms with Crippen molar-refractivity contribution in [2.24, 2.45) is 5.73 Å². The van der Waals surface area contributed by atoms with E-state index < -0.39 is 0 Å². The predicted octanol–water partition coefficient (Wildman–Crippen LogP) is 3.04. The molecule has 4 nitrogen and oxygen atoms in total. The van der Waals surface area contributed by atoms with Crippen LogP contribution in [-0.4, -0.2) is 12.1 Å². The monoisotopic (exact) mass is 258 g/mol. The predicted molar refractivity (Wildman–Crippen MR) is 74.1 cm³/mol. The molecule has 0 aliphatic carbocycles. The molecule has 2 rings (SSSR count). The van der Waals surface area contributed by atoms with Crippen LogP contribution in [0.2, 0.25) is 0 Å². The molecule has 0 aliphatic rings. The van der Waals surface area contributed by atoms with Gasteiger partial charge in [0.05, 0.1) is 18.5 Å². The van der Waals surface area contributed by atoms with Crippen LogP contribution >= 0.6 is 0 Å². The van der Waals surface area contributed by atoms with Gasteiger partial charge in [-0.3, -0.25) is 4.98 Å². The first-order valence-corrected chi connectivity index (χ1v) is 6.16. The van der Waals surface area contributed by atoms with Crippen molar-refractivity contribution in [1.29, 1.82) is 0 Å². The molecular formula is C15H18N2O2. The van der Waals surface area contributed by atoms with E-state index in [1.807, 2.05) is 43.3 Å². The highest BCUT2D eigenvalue weighted by molar-refractivity contribution is 5.33. The summed E-state index contributed by atoms with van der Waals surface area (Å²) in [6, 6.07) is 11.5. The molecule has 19 heavy (non-hydrogen) atoms. The summed E-state index contributed by atoms with van der Waals surface area (Å²) in [6.45, 7) is 2.47. The molecule has 0 aliphatic heterocycles. The lowest BCUT2D eigenvalue weighted by atomic mass is 10.2. The minimum Gasteiger partial charge on any atom is -0.456 e. The molecule has 0 bridgehead atoms. The van der Waals surface area contributed by atoms with Crippen molar-refractivity contribution in [1.82, 2.24) is 4.98 Å². The van der Waals surface area contributed by atoms with Crippen molar-refractivity contribution < 1.29 is 9.47 Å². The van der Waals surface area contributed by atoms with E-state index in [0.717, 1.165) is 17.0 Å². The second-order valence-electron chi connectivity index (χ2n) is 4.39. The lowest BCUT2D eigenvalue weighted by Gasteiger charge is -2.09. The molecule has 1 heterocycles. The average molecular weight is 258 g/mol. The third-order valence-electron chi connectivity index (χ3n) is 2.67. The number of hydrogen-bond donors (Lipinski definition) is 1. The zero-order chi connectivity index (χ0) is 13.7. The van der Waals surface area contributed by atoms with E-state index in [2.05, 4.69) is 4.98 Å². The summed E-state index contributed by atoms with van der Waals surface area (Å²) >= 11 is 0. The molecule has 4 heteroatoms. The van der Waals surface area contributed by atoms with Crippen molar-refractivity contribution in [2.45, 2.75) is 19.6 Å². The molecule has 1 aromatic carbocycles. The van der Waals surface area contributed by atoms with Crippen LogP contribution < -0.4 is 10.5 Å². The fourth-order valence-corrected chi connectivity index (χ4v) is 1.72. The molecule has 1 atom stereocenters. The van der Waals surface area contributed by atoms with E-state index in [-0.39, 0.29) is 6.04 Å². The number of pyridine rings is 1. The number of rotatable bonds is 5. The van der Waals surface area contributed by atoms with Gasteiger partial charge in [-0.15, -0.1) is 0 Å². The van der Waals surface area contributed by atoms with E-state index in [1.54, 1.807) is 13.3 Å². The Bertz CT molecular complexity index is 524. The highest BCUT2D eigenvalue weighted by atomic mass is 16.5. The van der Waals surface area contributed by atoms with Crippen molar-refractivity contribution in [2.75, 3.05) is 7.11 Å². The van der Waals surface area contributed by atoms with Gasteiger partial charge in [-0.05, 0) is 36.8 Å². The van der Waals surface area contributed by atoms with Crippen LogP contribution in [0, 0.1) is 0 Å². The maximum Gasteiger partial charge on any atom is 0.145 e. The molecule has 0 unspecified atom stereocenters. The van der Waals surface area contributed by atoms with E-state index in [0.29, 0.717) is 12.4 Å². The van der Waals surface area contributed by atoms with Crippen molar-refractivity contribution >= 4 is 0 Å². The maximum absolute atomic E-state index is 5.75. The first-order valence-electron chi connectivity index (χ1n) is 6.16. The summed E-state index contributed by atoms with van der Waals surface area (Å²) in [7, 11) is 1.67. The number of aromatic nitrogens is 1. The van der Waals surface area contributed by atoms with Gasteiger partial charge in [0.2, 0.25) is 0 Å². The van der Waals surface area contributed by atoms with Gasteiger partial charge in [-0.2, -0.15) is 0 Å². The van der Waals surface area contributed by atoms with Crippen LogP contribution in [0.5, 0.6) is 11.5 Å². The Labute approximate surface area is 113 Å². The molecule has 0 fully saturated rings. The molecule has 0 saturated carbocycles. The van der Waals surface area contributed by atoms with Gasteiger partial charge in [0.25, 0.3) is 0 Å². The number of methoxy groups -OCH3 is 1. The van der Waals surface area contributed by atoms with Crippen LogP contribution in [0.4, 0.5) is 0 Å². The maximum atomic E-state index is 5.75. The molecule has 100 valence electrons. The minimum atomic E-state index is -0.0703. The van der Waals surface area contributed by atoms with E-state index in [9.17, 15) is 0 Å². The fourth-order valence-electron chi connectivity index (χ4n) is 1.72. The van der Waals surface area contributed by atoms with Crippen LogP contribution in [0.15, 0.2) is 42.6 Å². The fraction of sp³-hybridized carbons (Fsp3) is 0.267. The Morgan fingerprint density at radius 3 is 2.68 bits per heavy atom. The number of ether oxygens (including phenoxy) is 2.